The summed E-state index contributed by atoms with van der Waals surface area (Å²) in [4.78, 5) is 72.9. The van der Waals surface area contributed by atoms with Crippen molar-refractivity contribution >= 4 is 39.5 Å². The minimum Gasteiger partial charge on any atom is -0.462 e. The quantitative estimate of drug-likeness (QED) is 0.0222. The molecule has 19 heteroatoms. The molecule has 3 unspecified atom stereocenters. The minimum absolute atomic E-state index is 0.106. The zero-order chi connectivity index (χ0) is 72.4. The first kappa shape index (κ1) is 96.1. The van der Waals surface area contributed by atoms with Crippen molar-refractivity contribution in [3.05, 3.63) is 0 Å². The van der Waals surface area contributed by atoms with Gasteiger partial charge in [0.25, 0.3) is 0 Å². The molecule has 0 rings (SSSR count). The first-order valence-electron chi connectivity index (χ1n) is 40.7. The molecule has 582 valence electrons. The summed E-state index contributed by atoms with van der Waals surface area (Å²) in [6, 6.07) is 0. The Morgan fingerprint density at radius 2 is 0.490 bits per heavy atom. The Hall–Kier alpha value is -1.94. The Bertz CT molecular complexity index is 1920. The highest BCUT2D eigenvalue weighted by atomic mass is 31.2. The van der Waals surface area contributed by atoms with Crippen LogP contribution in [0.3, 0.4) is 0 Å². The third-order valence-corrected chi connectivity index (χ3v) is 20.6. The average Bonchev–Trinajstić information content (AvgIpc) is 1.02. The number of esters is 4. The van der Waals surface area contributed by atoms with Crippen LogP contribution in [-0.2, 0) is 65.4 Å². The molecule has 0 aliphatic rings. The van der Waals surface area contributed by atoms with Gasteiger partial charge in [-0.05, 0) is 49.4 Å². The van der Waals surface area contributed by atoms with Crippen LogP contribution in [-0.4, -0.2) is 96.7 Å². The second-order valence-electron chi connectivity index (χ2n) is 30.1. The van der Waals surface area contributed by atoms with Gasteiger partial charge in [-0.3, -0.25) is 37.3 Å². The second kappa shape index (κ2) is 68.2. The molecule has 3 N–H and O–H groups in total. The summed E-state index contributed by atoms with van der Waals surface area (Å²) < 4.78 is 68.6. The van der Waals surface area contributed by atoms with E-state index in [0.29, 0.717) is 31.6 Å². The number of aliphatic hydroxyl groups is 1. The van der Waals surface area contributed by atoms with Crippen LogP contribution in [0.4, 0.5) is 0 Å². The van der Waals surface area contributed by atoms with Crippen molar-refractivity contribution in [3.8, 4) is 0 Å². The lowest BCUT2D eigenvalue weighted by Gasteiger charge is -2.21. The molecule has 0 heterocycles. The van der Waals surface area contributed by atoms with Gasteiger partial charge in [-0.2, -0.15) is 0 Å². The lowest BCUT2D eigenvalue weighted by Crippen LogP contribution is -2.30. The number of aliphatic hydroxyl groups excluding tert-OH is 1. The van der Waals surface area contributed by atoms with Crippen molar-refractivity contribution in [2.75, 3.05) is 39.6 Å². The molecule has 0 saturated carbocycles. The number of carbonyl (C=O) groups excluding carboxylic acids is 4. The topological polar surface area (TPSA) is 237 Å². The molecule has 0 fully saturated rings. The van der Waals surface area contributed by atoms with E-state index < -0.39 is 97.5 Å². The van der Waals surface area contributed by atoms with Crippen molar-refractivity contribution in [1.82, 2.24) is 0 Å². The molecular weight excluding hydrogens is 1280 g/mol. The van der Waals surface area contributed by atoms with Crippen LogP contribution in [0.15, 0.2) is 0 Å². The lowest BCUT2D eigenvalue weighted by atomic mass is 9.99. The van der Waals surface area contributed by atoms with Gasteiger partial charge < -0.3 is 33.8 Å². The van der Waals surface area contributed by atoms with Crippen molar-refractivity contribution in [2.45, 2.75) is 420 Å². The molecule has 0 bridgehead atoms. The van der Waals surface area contributed by atoms with E-state index >= 15 is 0 Å². The van der Waals surface area contributed by atoms with Gasteiger partial charge in [-0.25, -0.2) is 9.13 Å². The number of hydrogen-bond donors (Lipinski definition) is 3. The monoisotopic (exact) mass is 1440 g/mol. The maximum Gasteiger partial charge on any atom is 0.472 e. The van der Waals surface area contributed by atoms with Crippen LogP contribution in [0.2, 0.25) is 0 Å². The van der Waals surface area contributed by atoms with Gasteiger partial charge >= 0.3 is 39.5 Å². The summed E-state index contributed by atoms with van der Waals surface area (Å²) in [6.45, 7) is 14.2. The van der Waals surface area contributed by atoms with Crippen molar-refractivity contribution in [3.63, 3.8) is 0 Å². The highest BCUT2D eigenvalue weighted by Crippen LogP contribution is 2.45. The summed E-state index contributed by atoms with van der Waals surface area (Å²) in [7, 11) is -9.92. The molecule has 0 aliphatic heterocycles. The number of hydrogen-bond acceptors (Lipinski definition) is 15. The Labute approximate surface area is 600 Å². The van der Waals surface area contributed by atoms with Gasteiger partial charge in [0.2, 0.25) is 0 Å². The standard InChI is InChI=1S/C79H154O17P2/c1-9-72(8)58-50-42-33-27-21-15-11-13-17-23-29-35-45-53-61-78(83)96-75(66-90-77(82)60-52-44-38-37-41-49-57-71(6)7)68-94-98(87,88)92-64-73(80)63-91-97(85,86)93-67-74(95-79(84)62-54-46-36-30-24-18-20-26-32-40-48-56-70(4)5)65-89-76(81)59-51-43-34-28-22-16-12-10-14-19-25-31-39-47-55-69(2)3/h69-75,80H,9-68H2,1-8H3,(H,85,86)(H,87,88)/t72?,73-,74-,75-/m1/s1. The zero-order valence-corrected chi connectivity index (χ0v) is 66.2. The normalized spacial score (nSPS) is 14.3. The first-order chi connectivity index (χ1) is 47.1. The Morgan fingerprint density at radius 3 is 0.724 bits per heavy atom. The van der Waals surface area contributed by atoms with E-state index in [9.17, 15) is 43.2 Å². The van der Waals surface area contributed by atoms with E-state index in [-0.39, 0.29) is 25.7 Å². The smallest absolute Gasteiger partial charge is 0.462 e. The minimum atomic E-state index is -4.96. The lowest BCUT2D eigenvalue weighted by molar-refractivity contribution is -0.161. The molecule has 0 aromatic rings. The molecule has 0 spiro atoms. The molecule has 0 radical (unpaired) electrons. The Morgan fingerprint density at radius 1 is 0.286 bits per heavy atom. The van der Waals surface area contributed by atoms with E-state index in [1.807, 2.05) is 0 Å². The van der Waals surface area contributed by atoms with E-state index in [1.54, 1.807) is 0 Å². The van der Waals surface area contributed by atoms with E-state index in [0.717, 1.165) is 114 Å². The van der Waals surface area contributed by atoms with Gasteiger partial charge in [0, 0.05) is 25.7 Å². The fraction of sp³-hybridized carbons (Fsp3) is 0.949. The summed E-state index contributed by atoms with van der Waals surface area (Å²) in [5, 5.41) is 10.6. The number of unbranched alkanes of at least 4 members (excludes halogenated alkanes) is 41. The first-order valence-corrected chi connectivity index (χ1v) is 43.7. The number of carbonyl (C=O) groups is 4. The predicted octanol–water partition coefficient (Wildman–Crippen LogP) is 23.2. The van der Waals surface area contributed by atoms with Crippen LogP contribution < -0.4 is 0 Å². The molecule has 0 saturated heterocycles. The Kier molecular flexibility index (Phi) is 66.8. The number of phosphoric acid groups is 2. The van der Waals surface area contributed by atoms with Crippen LogP contribution in [0, 0.1) is 23.7 Å². The van der Waals surface area contributed by atoms with Gasteiger partial charge in [-0.1, -0.05) is 351 Å². The van der Waals surface area contributed by atoms with Crippen molar-refractivity contribution < 1.29 is 80.2 Å². The fourth-order valence-electron chi connectivity index (χ4n) is 12.0. The van der Waals surface area contributed by atoms with Crippen LogP contribution in [0.1, 0.15) is 402 Å². The second-order valence-corrected chi connectivity index (χ2v) is 33.0. The van der Waals surface area contributed by atoms with Gasteiger partial charge in [0.15, 0.2) is 12.2 Å². The largest absolute Gasteiger partial charge is 0.472 e. The highest BCUT2D eigenvalue weighted by Gasteiger charge is 2.30. The molecule has 98 heavy (non-hydrogen) atoms. The number of phosphoric ester groups is 2. The molecular formula is C79H154O17P2. The third kappa shape index (κ3) is 71.1. The maximum absolute atomic E-state index is 13.1. The van der Waals surface area contributed by atoms with E-state index in [1.165, 1.54) is 199 Å². The zero-order valence-electron chi connectivity index (χ0n) is 64.4. The number of rotatable bonds is 76. The van der Waals surface area contributed by atoms with E-state index in [2.05, 4.69) is 55.4 Å². The molecule has 0 aromatic heterocycles. The van der Waals surface area contributed by atoms with Gasteiger partial charge in [0.1, 0.15) is 19.3 Å². The molecule has 0 amide bonds. The van der Waals surface area contributed by atoms with Crippen LogP contribution in [0.5, 0.6) is 0 Å². The SMILES string of the molecule is CCC(C)CCCCCCCCCCCCCCCCC(=O)O[C@H](COC(=O)CCCCCCCCC(C)C)COP(=O)(O)OC[C@H](O)COP(=O)(O)OC[C@@H](COC(=O)CCCCCCCCCCCCCCCCC(C)C)OC(=O)CCCCCCCCCCCCCC(C)C. The van der Waals surface area contributed by atoms with Crippen LogP contribution in [0.25, 0.3) is 0 Å². The summed E-state index contributed by atoms with van der Waals surface area (Å²) in [5.41, 5.74) is 0. The predicted molar refractivity (Wildman–Crippen MR) is 400 cm³/mol. The van der Waals surface area contributed by atoms with Crippen LogP contribution >= 0.6 is 15.6 Å². The van der Waals surface area contributed by atoms with Crippen molar-refractivity contribution in [2.24, 2.45) is 23.7 Å². The number of ether oxygens (including phenoxy) is 4. The maximum atomic E-state index is 13.1. The summed E-state index contributed by atoms with van der Waals surface area (Å²) in [5.74, 6) is 0.972. The van der Waals surface area contributed by atoms with Gasteiger partial charge in [0.05, 0.1) is 26.4 Å². The molecule has 17 nitrogen and oxygen atoms in total. The van der Waals surface area contributed by atoms with E-state index in [4.69, 9.17) is 37.0 Å². The van der Waals surface area contributed by atoms with Crippen molar-refractivity contribution in [1.29, 1.82) is 0 Å². The summed E-state index contributed by atoms with van der Waals surface area (Å²) in [6.07, 6.45) is 54.2. The third-order valence-electron chi connectivity index (χ3n) is 18.7. The Balaban J connectivity index is 5.22. The average molecular weight is 1440 g/mol. The summed E-state index contributed by atoms with van der Waals surface area (Å²) >= 11 is 0. The highest BCUT2D eigenvalue weighted by molar-refractivity contribution is 7.47. The molecule has 6 atom stereocenters. The fourth-order valence-corrected chi connectivity index (χ4v) is 13.6. The molecule has 0 aliphatic carbocycles. The molecule has 0 aromatic carbocycles. The van der Waals surface area contributed by atoms with Gasteiger partial charge in [-0.15, -0.1) is 0 Å².